The molecule has 0 aliphatic heterocycles. The van der Waals surface area contributed by atoms with Gasteiger partial charge in [0.25, 0.3) is 5.91 Å². The normalized spacial score (nSPS) is 11.6. The fourth-order valence-electron chi connectivity index (χ4n) is 2.83. The van der Waals surface area contributed by atoms with Crippen LogP contribution in [-0.4, -0.2) is 35.9 Å². The van der Waals surface area contributed by atoms with E-state index in [0.29, 0.717) is 28.8 Å². The van der Waals surface area contributed by atoms with Crippen LogP contribution in [0.25, 0.3) is 0 Å². The third kappa shape index (κ3) is 7.26. The Bertz CT molecular complexity index is 795. The van der Waals surface area contributed by atoms with E-state index < -0.39 is 6.04 Å². The van der Waals surface area contributed by atoms with Crippen LogP contribution >= 0.6 is 23.2 Å². The van der Waals surface area contributed by atoms with Crippen molar-refractivity contribution in [2.45, 2.75) is 39.3 Å². The highest BCUT2D eigenvalue weighted by Crippen LogP contribution is 2.18. The molecule has 7 heteroatoms. The van der Waals surface area contributed by atoms with Crippen LogP contribution in [0, 0.1) is 0 Å². The molecule has 0 radical (unpaired) electrons. The Hall–Kier alpha value is -2.24. The molecule has 2 aromatic rings. The first-order valence-corrected chi connectivity index (χ1v) is 10.4. The first-order valence-electron chi connectivity index (χ1n) is 9.64. The van der Waals surface area contributed by atoms with E-state index in [1.54, 1.807) is 41.3 Å². The Labute approximate surface area is 181 Å². The van der Waals surface area contributed by atoms with E-state index in [2.05, 4.69) is 5.32 Å². The number of carbonyl (C=O) groups excluding carboxylic acids is 2. The van der Waals surface area contributed by atoms with Crippen LogP contribution in [0.1, 0.15) is 32.3 Å². The summed E-state index contributed by atoms with van der Waals surface area (Å²) in [6.45, 7) is 4.56. The lowest BCUT2D eigenvalue weighted by molar-refractivity contribution is -0.143. The minimum atomic E-state index is -0.585. The summed E-state index contributed by atoms with van der Waals surface area (Å²) in [6, 6.07) is 13.4. The Morgan fingerprint density at radius 1 is 1.00 bits per heavy atom. The van der Waals surface area contributed by atoms with Crippen LogP contribution in [-0.2, 0) is 16.1 Å². The Morgan fingerprint density at radius 2 is 1.59 bits per heavy atom. The maximum Gasteiger partial charge on any atom is 0.261 e. The number of nitrogens with one attached hydrogen (secondary N) is 1. The molecular weight excluding hydrogens is 411 g/mol. The predicted octanol–water partition coefficient (Wildman–Crippen LogP) is 4.71. The van der Waals surface area contributed by atoms with Gasteiger partial charge in [0.1, 0.15) is 11.8 Å². The molecule has 2 aromatic carbocycles. The van der Waals surface area contributed by atoms with Crippen molar-refractivity contribution in [1.29, 1.82) is 0 Å². The first kappa shape index (κ1) is 23.0. The number of rotatable bonds is 10. The van der Waals surface area contributed by atoms with Gasteiger partial charge in [-0.15, -0.1) is 0 Å². The minimum absolute atomic E-state index is 0.164. The third-order valence-corrected chi connectivity index (χ3v) is 4.88. The molecule has 5 nitrogen and oxygen atoms in total. The van der Waals surface area contributed by atoms with Gasteiger partial charge in [-0.25, -0.2) is 0 Å². The van der Waals surface area contributed by atoms with Gasteiger partial charge in [-0.1, -0.05) is 49.2 Å². The third-order valence-electron chi connectivity index (χ3n) is 4.38. The highest BCUT2D eigenvalue weighted by Gasteiger charge is 2.28. The topological polar surface area (TPSA) is 58.6 Å². The van der Waals surface area contributed by atoms with Gasteiger partial charge in [0.05, 0.1) is 0 Å². The molecule has 0 bridgehead atoms. The summed E-state index contributed by atoms with van der Waals surface area (Å²) in [4.78, 5) is 27.2. The summed E-state index contributed by atoms with van der Waals surface area (Å²) in [5, 5.41) is 4.09. The van der Waals surface area contributed by atoms with Crippen LogP contribution in [0.4, 0.5) is 0 Å². The Kier molecular flexibility index (Phi) is 9.29. The summed E-state index contributed by atoms with van der Waals surface area (Å²) in [5.74, 6) is 0.106. The highest BCUT2D eigenvalue weighted by molar-refractivity contribution is 6.30. The largest absolute Gasteiger partial charge is 0.484 e. The van der Waals surface area contributed by atoms with E-state index in [4.69, 9.17) is 27.9 Å². The molecule has 156 valence electrons. The van der Waals surface area contributed by atoms with Gasteiger partial charge in [-0.3, -0.25) is 9.59 Å². The standard InChI is InChI=1S/C22H26Cl2N2O3/c1-3-13-25-22(28)20(4-2)26(14-16-5-7-17(23)8-6-16)21(27)15-29-19-11-9-18(24)10-12-19/h5-12,20H,3-4,13-15H2,1-2H3,(H,25,28)/t20-/m1/s1. The molecule has 29 heavy (non-hydrogen) atoms. The summed E-state index contributed by atoms with van der Waals surface area (Å²) < 4.78 is 5.61. The molecule has 0 aliphatic carbocycles. The second kappa shape index (κ2) is 11.7. The average molecular weight is 437 g/mol. The highest BCUT2D eigenvalue weighted by atomic mass is 35.5. The van der Waals surface area contributed by atoms with E-state index >= 15 is 0 Å². The Balaban J connectivity index is 2.16. The number of benzene rings is 2. The second-order valence-electron chi connectivity index (χ2n) is 6.61. The first-order chi connectivity index (χ1) is 13.9. The van der Waals surface area contributed by atoms with Crippen molar-refractivity contribution >= 4 is 35.0 Å². The lowest BCUT2D eigenvalue weighted by Crippen LogP contribution is -2.50. The van der Waals surface area contributed by atoms with Crippen LogP contribution in [0.3, 0.4) is 0 Å². The Morgan fingerprint density at radius 3 is 2.14 bits per heavy atom. The van der Waals surface area contributed by atoms with Crippen molar-refractivity contribution in [2.75, 3.05) is 13.2 Å². The van der Waals surface area contributed by atoms with E-state index in [-0.39, 0.29) is 25.0 Å². The number of nitrogens with zero attached hydrogens (tertiary/aromatic N) is 1. The summed E-state index contributed by atoms with van der Waals surface area (Å²) in [7, 11) is 0. The number of amides is 2. The maximum atomic E-state index is 13.0. The number of halogens is 2. The van der Waals surface area contributed by atoms with Crippen molar-refractivity contribution in [3.8, 4) is 5.75 Å². The smallest absolute Gasteiger partial charge is 0.261 e. The molecular formula is C22H26Cl2N2O3. The van der Waals surface area contributed by atoms with Crippen LogP contribution in [0.5, 0.6) is 5.75 Å². The molecule has 0 spiro atoms. The van der Waals surface area contributed by atoms with Crippen molar-refractivity contribution in [2.24, 2.45) is 0 Å². The molecule has 1 atom stereocenters. The molecule has 0 fully saturated rings. The summed E-state index contributed by atoms with van der Waals surface area (Å²) in [6.07, 6.45) is 1.32. The van der Waals surface area contributed by atoms with E-state index in [1.807, 2.05) is 26.0 Å². The van der Waals surface area contributed by atoms with E-state index in [1.165, 1.54) is 0 Å². The molecule has 0 saturated heterocycles. The predicted molar refractivity (Wildman–Crippen MR) is 116 cm³/mol. The molecule has 0 unspecified atom stereocenters. The zero-order valence-corrected chi connectivity index (χ0v) is 18.2. The van der Waals surface area contributed by atoms with Crippen LogP contribution in [0.15, 0.2) is 48.5 Å². The van der Waals surface area contributed by atoms with Gasteiger partial charge in [-0.2, -0.15) is 0 Å². The zero-order chi connectivity index (χ0) is 21.2. The van der Waals surface area contributed by atoms with Gasteiger partial charge < -0.3 is 15.0 Å². The molecule has 2 amide bonds. The molecule has 2 rings (SSSR count). The average Bonchev–Trinajstić information content (AvgIpc) is 2.72. The van der Waals surface area contributed by atoms with Gasteiger partial charge in [0, 0.05) is 23.1 Å². The lowest BCUT2D eigenvalue weighted by atomic mass is 10.1. The van der Waals surface area contributed by atoms with Gasteiger partial charge in [0.15, 0.2) is 6.61 Å². The fraction of sp³-hybridized carbons (Fsp3) is 0.364. The number of hydrogen-bond acceptors (Lipinski definition) is 3. The molecule has 0 aromatic heterocycles. The zero-order valence-electron chi connectivity index (χ0n) is 16.7. The van der Waals surface area contributed by atoms with Crippen molar-refractivity contribution in [3.63, 3.8) is 0 Å². The van der Waals surface area contributed by atoms with E-state index in [0.717, 1.165) is 12.0 Å². The SMILES string of the molecule is CCCNC(=O)[C@@H](CC)N(Cc1ccc(Cl)cc1)C(=O)COc1ccc(Cl)cc1. The summed E-state index contributed by atoms with van der Waals surface area (Å²) >= 11 is 11.8. The molecule has 0 aliphatic rings. The fourth-order valence-corrected chi connectivity index (χ4v) is 3.08. The maximum absolute atomic E-state index is 13.0. The van der Waals surface area contributed by atoms with Crippen molar-refractivity contribution < 1.29 is 14.3 Å². The van der Waals surface area contributed by atoms with Gasteiger partial charge in [-0.05, 0) is 54.8 Å². The van der Waals surface area contributed by atoms with Crippen LogP contribution < -0.4 is 10.1 Å². The number of hydrogen-bond donors (Lipinski definition) is 1. The monoisotopic (exact) mass is 436 g/mol. The van der Waals surface area contributed by atoms with Gasteiger partial charge in [0.2, 0.25) is 5.91 Å². The number of ether oxygens (including phenoxy) is 1. The molecule has 0 heterocycles. The van der Waals surface area contributed by atoms with E-state index in [9.17, 15) is 9.59 Å². The van der Waals surface area contributed by atoms with Crippen molar-refractivity contribution in [1.82, 2.24) is 10.2 Å². The minimum Gasteiger partial charge on any atom is -0.484 e. The summed E-state index contributed by atoms with van der Waals surface area (Å²) in [5.41, 5.74) is 0.885. The molecule has 1 N–H and O–H groups in total. The van der Waals surface area contributed by atoms with Crippen LogP contribution in [0.2, 0.25) is 10.0 Å². The molecule has 0 saturated carbocycles. The quantitative estimate of drug-likeness (QED) is 0.586. The number of carbonyl (C=O) groups is 2. The van der Waals surface area contributed by atoms with Gasteiger partial charge >= 0.3 is 0 Å². The lowest BCUT2D eigenvalue weighted by Gasteiger charge is -2.30. The van der Waals surface area contributed by atoms with Crippen molar-refractivity contribution in [3.05, 3.63) is 64.1 Å². The second-order valence-corrected chi connectivity index (χ2v) is 7.48.